The zero-order valence-corrected chi connectivity index (χ0v) is 8.34. The molecule has 0 aliphatic carbocycles. The lowest BCUT2D eigenvalue weighted by Crippen LogP contribution is -1.89. The monoisotopic (exact) mass is 208 g/mol. The van der Waals surface area contributed by atoms with Crippen LogP contribution in [0.5, 0.6) is 0 Å². The van der Waals surface area contributed by atoms with Gasteiger partial charge in [-0.25, -0.2) is 4.98 Å². The van der Waals surface area contributed by atoms with Gasteiger partial charge in [0.1, 0.15) is 5.15 Å². The molecule has 0 aromatic carbocycles. The smallest absolute Gasteiger partial charge is 0.131 e. The van der Waals surface area contributed by atoms with E-state index in [0.717, 1.165) is 16.8 Å². The van der Waals surface area contributed by atoms with Crippen molar-refractivity contribution in [3.63, 3.8) is 0 Å². The lowest BCUT2D eigenvalue weighted by molar-refractivity contribution is 1.09. The minimum Gasteiger partial charge on any atom is -0.396 e. The van der Waals surface area contributed by atoms with Crippen LogP contribution in [-0.4, -0.2) is 15.2 Å². The number of aryl methyl sites for hydroxylation is 1. The van der Waals surface area contributed by atoms with Crippen molar-refractivity contribution in [1.82, 2.24) is 15.2 Å². The summed E-state index contributed by atoms with van der Waals surface area (Å²) in [7, 11) is 0. The van der Waals surface area contributed by atoms with E-state index in [1.54, 1.807) is 12.4 Å². The highest BCUT2D eigenvalue weighted by Crippen LogP contribution is 2.24. The van der Waals surface area contributed by atoms with Gasteiger partial charge in [-0.05, 0) is 18.6 Å². The van der Waals surface area contributed by atoms with Crippen LogP contribution in [0.25, 0.3) is 11.3 Å². The number of nitrogens with two attached hydrogens (primary N) is 1. The maximum atomic E-state index is 5.81. The minimum atomic E-state index is 0.506. The van der Waals surface area contributed by atoms with E-state index in [1.165, 1.54) is 0 Å². The van der Waals surface area contributed by atoms with Gasteiger partial charge in [0.25, 0.3) is 0 Å². The average Bonchev–Trinajstić information content (AvgIpc) is 2.57. The summed E-state index contributed by atoms with van der Waals surface area (Å²) in [6, 6.07) is 1.92. The first-order chi connectivity index (χ1) is 6.68. The number of pyridine rings is 1. The predicted molar refractivity (Wildman–Crippen MR) is 56.0 cm³/mol. The van der Waals surface area contributed by atoms with Crippen LogP contribution in [0, 0.1) is 6.92 Å². The lowest BCUT2D eigenvalue weighted by atomic mass is 10.1. The molecule has 0 saturated heterocycles. The number of nitrogen functional groups attached to an aromatic ring is 1. The second-order valence-electron chi connectivity index (χ2n) is 3.03. The quantitative estimate of drug-likeness (QED) is 0.705. The van der Waals surface area contributed by atoms with Gasteiger partial charge in [0, 0.05) is 11.8 Å². The van der Waals surface area contributed by atoms with Crippen LogP contribution in [0.4, 0.5) is 5.69 Å². The molecular weight excluding hydrogens is 200 g/mol. The highest BCUT2D eigenvalue weighted by molar-refractivity contribution is 6.30. The van der Waals surface area contributed by atoms with Gasteiger partial charge in [-0.3, -0.25) is 5.10 Å². The van der Waals surface area contributed by atoms with Crippen molar-refractivity contribution in [3.8, 4) is 11.3 Å². The Bertz CT molecular complexity index is 464. The fourth-order valence-electron chi connectivity index (χ4n) is 1.22. The predicted octanol–water partition coefficient (Wildman–Crippen LogP) is 2.02. The van der Waals surface area contributed by atoms with Crippen molar-refractivity contribution in [1.29, 1.82) is 0 Å². The number of H-pyrrole nitrogens is 1. The Balaban J connectivity index is 2.53. The zero-order chi connectivity index (χ0) is 10.1. The highest BCUT2D eigenvalue weighted by atomic mass is 35.5. The van der Waals surface area contributed by atoms with Crippen LogP contribution in [0.15, 0.2) is 18.5 Å². The van der Waals surface area contributed by atoms with E-state index in [2.05, 4.69) is 15.2 Å². The summed E-state index contributed by atoms with van der Waals surface area (Å²) in [6.07, 6.45) is 3.23. The van der Waals surface area contributed by atoms with E-state index in [9.17, 15) is 0 Å². The Kier molecular flexibility index (Phi) is 2.13. The average molecular weight is 209 g/mol. The molecule has 72 valence electrons. The molecule has 0 aliphatic heterocycles. The zero-order valence-electron chi connectivity index (χ0n) is 7.58. The van der Waals surface area contributed by atoms with Crippen molar-refractivity contribution < 1.29 is 0 Å². The number of hydrogen-bond acceptors (Lipinski definition) is 3. The number of halogens is 1. The van der Waals surface area contributed by atoms with Crippen molar-refractivity contribution >= 4 is 17.3 Å². The van der Waals surface area contributed by atoms with Gasteiger partial charge in [-0.1, -0.05) is 11.6 Å². The highest BCUT2D eigenvalue weighted by Gasteiger charge is 2.06. The van der Waals surface area contributed by atoms with Gasteiger partial charge in [0.2, 0.25) is 0 Å². The summed E-state index contributed by atoms with van der Waals surface area (Å²) in [5.41, 5.74) is 8.89. The summed E-state index contributed by atoms with van der Waals surface area (Å²) in [6.45, 7) is 1.89. The Morgan fingerprint density at radius 1 is 1.43 bits per heavy atom. The molecule has 2 heterocycles. The third-order valence-corrected chi connectivity index (χ3v) is 2.37. The van der Waals surface area contributed by atoms with Crippen LogP contribution >= 0.6 is 11.6 Å². The van der Waals surface area contributed by atoms with Crippen LogP contribution in [0.3, 0.4) is 0 Å². The van der Waals surface area contributed by atoms with Crippen molar-refractivity contribution in [2.45, 2.75) is 6.92 Å². The SMILES string of the molecule is Cc1cc(-c2[nH]ncc2N)cnc1Cl. The van der Waals surface area contributed by atoms with Gasteiger partial charge < -0.3 is 5.73 Å². The van der Waals surface area contributed by atoms with Crippen molar-refractivity contribution in [3.05, 3.63) is 29.2 Å². The molecule has 0 unspecified atom stereocenters. The Hall–Kier alpha value is -1.55. The van der Waals surface area contributed by atoms with Crippen molar-refractivity contribution in [2.24, 2.45) is 0 Å². The Morgan fingerprint density at radius 2 is 2.21 bits per heavy atom. The Morgan fingerprint density at radius 3 is 2.79 bits per heavy atom. The molecule has 0 amide bonds. The largest absolute Gasteiger partial charge is 0.396 e. The molecule has 0 saturated carbocycles. The number of nitrogens with zero attached hydrogens (tertiary/aromatic N) is 2. The minimum absolute atomic E-state index is 0.506. The van der Waals surface area contributed by atoms with Crippen molar-refractivity contribution in [2.75, 3.05) is 5.73 Å². The first-order valence-electron chi connectivity index (χ1n) is 4.10. The maximum absolute atomic E-state index is 5.81. The summed E-state index contributed by atoms with van der Waals surface area (Å²) < 4.78 is 0. The molecule has 0 aliphatic rings. The molecule has 5 heteroatoms. The number of aromatic nitrogens is 3. The van der Waals surface area contributed by atoms with E-state index in [-0.39, 0.29) is 0 Å². The molecular formula is C9H9ClN4. The molecule has 0 spiro atoms. The van der Waals surface area contributed by atoms with Crippen LogP contribution in [0.1, 0.15) is 5.56 Å². The van der Waals surface area contributed by atoms with Gasteiger partial charge in [-0.15, -0.1) is 0 Å². The standard InChI is InChI=1S/C9H9ClN4/c1-5-2-6(3-12-9(5)10)8-7(11)4-13-14-8/h2-4H,11H2,1H3,(H,13,14). The molecule has 2 aromatic rings. The van der Waals surface area contributed by atoms with E-state index in [1.807, 2.05) is 13.0 Å². The number of hydrogen-bond donors (Lipinski definition) is 2. The molecule has 2 rings (SSSR count). The molecule has 3 N–H and O–H groups in total. The van der Waals surface area contributed by atoms with Crippen LogP contribution in [-0.2, 0) is 0 Å². The number of rotatable bonds is 1. The normalized spacial score (nSPS) is 10.4. The summed E-state index contributed by atoms with van der Waals surface area (Å²) in [5, 5.41) is 7.16. The molecule has 2 aromatic heterocycles. The molecule has 14 heavy (non-hydrogen) atoms. The first-order valence-corrected chi connectivity index (χ1v) is 4.47. The van der Waals surface area contributed by atoms with E-state index >= 15 is 0 Å². The van der Waals surface area contributed by atoms with Crippen LogP contribution in [0.2, 0.25) is 5.15 Å². The van der Waals surface area contributed by atoms with E-state index in [4.69, 9.17) is 17.3 Å². The van der Waals surface area contributed by atoms with Crippen LogP contribution < -0.4 is 5.73 Å². The second-order valence-corrected chi connectivity index (χ2v) is 3.39. The fourth-order valence-corrected chi connectivity index (χ4v) is 1.32. The van der Waals surface area contributed by atoms with Gasteiger partial charge in [-0.2, -0.15) is 5.10 Å². The summed E-state index contributed by atoms with van der Waals surface area (Å²) >= 11 is 5.81. The van der Waals surface area contributed by atoms with Gasteiger partial charge in [0.05, 0.1) is 17.6 Å². The molecule has 4 nitrogen and oxygen atoms in total. The fraction of sp³-hybridized carbons (Fsp3) is 0.111. The van der Waals surface area contributed by atoms with Gasteiger partial charge >= 0.3 is 0 Å². The molecule has 0 atom stereocenters. The molecule has 0 fully saturated rings. The third-order valence-electron chi connectivity index (χ3n) is 1.97. The van der Waals surface area contributed by atoms with E-state index < -0.39 is 0 Å². The summed E-state index contributed by atoms with van der Waals surface area (Å²) in [4.78, 5) is 4.04. The molecule has 0 radical (unpaired) electrons. The maximum Gasteiger partial charge on any atom is 0.131 e. The lowest BCUT2D eigenvalue weighted by Gasteiger charge is -2.01. The van der Waals surface area contributed by atoms with Gasteiger partial charge in [0.15, 0.2) is 0 Å². The number of nitrogens with one attached hydrogen (secondary N) is 1. The number of anilines is 1. The first kappa shape index (κ1) is 9.02. The Labute approximate surface area is 86.1 Å². The third kappa shape index (κ3) is 1.44. The van der Waals surface area contributed by atoms with E-state index in [0.29, 0.717) is 10.8 Å². The topological polar surface area (TPSA) is 67.6 Å². The second kappa shape index (κ2) is 3.31. The number of aromatic amines is 1. The summed E-state index contributed by atoms with van der Waals surface area (Å²) in [5.74, 6) is 0. The molecule has 0 bridgehead atoms.